The van der Waals surface area contributed by atoms with Gasteiger partial charge < -0.3 is 9.15 Å². The number of hydrogen-bond donors (Lipinski definition) is 0. The molecule has 168 valence electrons. The first-order valence-electron chi connectivity index (χ1n) is 12.2. The third kappa shape index (κ3) is 2.79. The first-order valence-corrected chi connectivity index (χ1v) is 12.2. The van der Waals surface area contributed by atoms with Gasteiger partial charge in [-0.15, -0.1) is 0 Å². The lowest BCUT2D eigenvalue weighted by Crippen LogP contribution is -1.97. The first kappa shape index (κ1) is 19.5. The predicted molar refractivity (Wildman–Crippen MR) is 148 cm³/mol. The Morgan fingerprint density at radius 1 is 0.417 bits per heavy atom. The van der Waals surface area contributed by atoms with E-state index in [1.54, 1.807) is 0 Å². The lowest BCUT2D eigenvalue weighted by molar-refractivity contribution is 0.487. The smallest absolute Gasteiger partial charge is 0.135 e. The van der Waals surface area contributed by atoms with Crippen LogP contribution in [0.25, 0.3) is 66.1 Å². The minimum absolute atomic E-state index is 0.897. The van der Waals surface area contributed by atoms with E-state index < -0.39 is 0 Å². The van der Waals surface area contributed by atoms with Crippen molar-refractivity contribution in [3.8, 4) is 44.9 Å². The van der Waals surface area contributed by atoms with Crippen LogP contribution in [-0.4, -0.2) is 0 Å². The summed E-state index contributed by atoms with van der Waals surface area (Å²) < 4.78 is 12.4. The maximum absolute atomic E-state index is 6.33. The molecule has 1 aromatic heterocycles. The fraction of sp³-hybridized carbons (Fsp3) is 0. The molecule has 0 N–H and O–H groups in total. The van der Waals surface area contributed by atoms with E-state index in [-0.39, 0.29) is 0 Å². The molecule has 0 saturated carbocycles. The Morgan fingerprint density at radius 3 is 2.00 bits per heavy atom. The van der Waals surface area contributed by atoms with Crippen molar-refractivity contribution in [1.82, 2.24) is 0 Å². The highest BCUT2D eigenvalue weighted by Crippen LogP contribution is 2.48. The molecule has 1 aliphatic rings. The Hall–Kier alpha value is -4.82. The zero-order chi connectivity index (χ0) is 23.6. The van der Waals surface area contributed by atoms with Gasteiger partial charge in [0.2, 0.25) is 0 Å². The maximum Gasteiger partial charge on any atom is 0.135 e. The van der Waals surface area contributed by atoms with Crippen LogP contribution < -0.4 is 4.74 Å². The third-order valence-electron chi connectivity index (χ3n) is 7.28. The van der Waals surface area contributed by atoms with Crippen LogP contribution in [0.1, 0.15) is 0 Å². The molecular formula is C34H20O2. The summed E-state index contributed by atoms with van der Waals surface area (Å²) in [5.74, 6) is 1.82. The summed E-state index contributed by atoms with van der Waals surface area (Å²) >= 11 is 0. The van der Waals surface area contributed by atoms with Crippen LogP contribution in [0.2, 0.25) is 0 Å². The van der Waals surface area contributed by atoms with Crippen LogP contribution in [0.3, 0.4) is 0 Å². The van der Waals surface area contributed by atoms with Crippen LogP contribution in [-0.2, 0) is 0 Å². The first-order chi connectivity index (χ1) is 17.8. The third-order valence-corrected chi connectivity index (χ3v) is 7.28. The summed E-state index contributed by atoms with van der Waals surface area (Å²) in [5, 5.41) is 4.65. The van der Waals surface area contributed by atoms with Crippen molar-refractivity contribution in [1.29, 1.82) is 0 Å². The molecule has 2 heterocycles. The second kappa shape index (κ2) is 7.34. The van der Waals surface area contributed by atoms with E-state index in [1.165, 1.54) is 38.6 Å². The Bertz CT molecular complexity index is 1970. The largest absolute Gasteiger partial charge is 0.456 e. The number of furan rings is 1. The van der Waals surface area contributed by atoms with Gasteiger partial charge in [0.05, 0.1) is 0 Å². The minimum atomic E-state index is 0.897. The van der Waals surface area contributed by atoms with Crippen molar-refractivity contribution >= 4 is 32.7 Å². The van der Waals surface area contributed by atoms with E-state index in [4.69, 9.17) is 9.15 Å². The van der Waals surface area contributed by atoms with Gasteiger partial charge in [0.15, 0.2) is 0 Å². The summed E-state index contributed by atoms with van der Waals surface area (Å²) in [4.78, 5) is 0. The molecule has 0 amide bonds. The zero-order valence-corrected chi connectivity index (χ0v) is 19.4. The second-order valence-electron chi connectivity index (χ2n) is 9.33. The molecule has 0 spiro atoms. The average molecular weight is 461 g/mol. The van der Waals surface area contributed by atoms with E-state index in [1.807, 2.05) is 18.2 Å². The van der Waals surface area contributed by atoms with Crippen LogP contribution in [0, 0.1) is 0 Å². The van der Waals surface area contributed by atoms with Crippen molar-refractivity contribution in [3.05, 3.63) is 121 Å². The van der Waals surface area contributed by atoms with E-state index in [2.05, 4.69) is 103 Å². The van der Waals surface area contributed by atoms with Crippen LogP contribution >= 0.6 is 0 Å². The highest BCUT2D eigenvalue weighted by atomic mass is 16.5. The topological polar surface area (TPSA) is 22.4 Å². The van der Waals surface area contributed by atoms with Crippen molar-refractivity contribution in [2.24, 2.45) is 0 Å². The summed E-state index contributed by atoms with van der Waals surface area (Å²) in [6, 6.07) is 42.6. The van der Waals surface area contributed by atoms with Crippen LogP contribution in [0.15, 0.2) is 126 Å². The molecule has 0 radical (unpaired) electrons. The molecular weight excluding hydrogens is 440 g/mol. The molecule has 0 bridgehead atoms. The van der Waals surface area contributed by atoms with E-state index >= 15 is 0 Å². The lowest BCUT2D eigenvalue weighted by atomic mass is 9.89. The molecule has 6 aromatic carbocycles. The molecule has 0 saturated heterocycles. The summed E-state index contributed by atoms with van der Waals surface area (Å²) in [5.41, 5.74) is 8.90. The van der Waals surface area contributed by atoms with Gasteiger partial charge in [-0.1, -0.05) is 84.9 Å². The van der Waals surface area contributed by atoms with Gasteiger partial charge in [0.1, 0.15) is 22.7 Å². The van der Waals surface area contributed by atoms with Gasteiger partial charge in [-0.05, 0) is 69.6 Å². The molecule has 0 unspecified atom stereocenters. The normalized spacial score (nSPS) is 12.1. The van der Waals surface area contributed by atoms with Crippen molar-refractivity contribution in [3.63, 3.8) is 0 Å². The summed E-state index contributed by atoms with van der Waals surface area (Å²) in [7, 11) is 0. The number of ether oxygens (including phenoxy) is 1. The molecule has 0 fully saturated rings. The predicted octanol–water partition coefficient (Wildman–Crippen LogP) is 9.85. The fourth-order valence-corrected chi connectivity index (χ4v) is 5.61. The highest BCUT2D eigenvalue weighted by Gasteiger charge is 2.21. The average Bonchev–Trinajstić information content (AvgIpc) is 3.31. The van der Waals surface area contributed by atoms with E-state index in [9.17, 15) is 0 Å². The van der Waals surface area contributed by atoms with Gasteiger partial charge in [0.25, 0.3) is 0 Å². The summed E-state index contributed by atoms with van der Waals surface area (Å²) in [6.07, 6.45) is 0. The fourth-order valence-electron chi connectivity index (χ4n) is 5.61. The molecule has 36 heavy (non-hydrogen) atoms. The number of rotatable bonds is 2. The maximum atomic E-state index is 6.33. The van der Waals surface area contributed by atoms with Crippen molar-refractivity contribution in [2.75, 3.05) is 0 Å². The quantitative estimate of drug-likeness (QED) is 0.256. The SMILES string of the molecule is c1ccc(-c2ccc3oc4ccccc4c3c2)c(-c2ccc3c(c2)-c2cccc4cccc(c24)O3)c1. The van der Waals surface area contributed by atoms with Gasteiger partial charge >= 0.3 is 0 Å². The molecule has 2 heteroatoms. The number of fused-ring (bicyclic) bond motifs is 5. The van der Waals surface area contributed by atoms with Crippen molar-refractivity contribution < 1.29 is 9.15 Å². The van der Waals surface area contributed by atoms with Gasteiger partial charge in [0, 0.05) is 21.7 Å². The zero-order valence-electron chi connectivity index (χ0n) is 19.4. The Balaban J connectivity index is 1.32. The molecule has 1 aliphatic heterocycles. The van der Waals surface area contributed by atoms with Gasteiger partial charge in [-0.3, -0.25) is 0 Å². The molecule has 8 rings (SSSR count). The molecule has 2 nitrogen and oxygen atoms in total. The summed E-state index contributed by atoms with van der Waals surface area (Å²) in [6.45, 7) is 0. The lowest BCUT2D eigenvalue weighted by Gasteiger charge is -2.22. The Labute approximate surface area is 208 Å². The van der Waals surface area contributed by atoms with Crippen LogP contribution in [0.5, 0.6) is 11.5 Å². The second-order valence-corrected chi connectivity index (χ2v) is 9.33. The molecule has 0 aliphatic carbocycles. The van der Waals surface area contributed by atoms with Crippen LogP contribution in [0.4, 0.5) is 0 Å². The van der Waals surface area contributed by atoms with E-state index in [0.29, 0.717) is 0 Å². The standard InChI is InChI=1S/C34H20O2/c1-2-10-25(24(9-1)22-15-17-31-28(19-22)26-11-3-4-13-30(26)35-31)23-16-18-32-29(20-23)27-12-5-7-21-8-6-14-33(36-32)34(21)27/h1-20H. The number of benzene rings is 6. The number of para-hydroxylation sites is 1. The molecule has 7 aromatic rings. The van der Waals surface area contributed by atoms with Gasteiger partial charge in [-0.2, -0.15) is 0 Å². The van der Waals surface area contributed by atoms with Gasteiger partial charge in [-0.25, -0.2) is 0 Å². The number of hydrogen-bond acceptors (Lipinski definition) is 2. The highest BCUT2D eigenvalue weighted by molar-refractivity contribution is 6.07. The monoisotopic (exact) mass is 460 g/mol. The Morgan fingerprint density at radius 2 is 1.11 bits per heavy atom. The molecule has 0 atom stereocenters. The minimum Gasteiger partial charge on any atom is -0.456 e. The van der Waals surface area contributed by atoms with E-state index in [0.717, 1.165) is 39.0 Å². The Kier molecular flexibility index (Phi) is 3.97. The van der Waals surface area contributed by atoms with Crippen molar-refractivity contribution in [2.45, 2.75) is 0 Å².